The van der Waals surface area contributed by atoms with Gasteiger partial charge in [-0.05, 0) is 41.5 Å². The van der Waals surface area contributed by atoms with Crippen LogP contribution in [0.25, 0.3) is 0 Å². The molecule has 1 N–H and O–H groups in total. The number of hydrogen-bond acceptors (Lipinski definition) is 4. The summed E-state index contributed by atoms with van der Waals surface area (Å²) in [4.78, 5) is 0. The van der Waals surface area contributed by atoms with Crippen molar-refractivity contribution in [3.63, 3.8) is 0 Å². The highest BCUT2D eigenvalue weighted by Crippen LogP contribution is 2.53. The highest BCUT2D eigenvalue weighted by molar-refractivity contribution is 7.53. The van der Waals surface area contributed by atoms with Crippen LogP contribution in [0.5, 0.6) is 0 Å². The maximum Gasteiger partial charge on any atom is 0.333 e. The van der Waals surface area contributed by atoms with Gasteiger partial charge >= 0.3 is 7.60 Å². The van der Waals surface area contributed by atoms with Crippen molar-refractivity contribution in [1.29, 1.82) is 0 Å². The van der Waals surface area contributed by atoms with Gasteiger partial charge < -0.3 is 14.2 Å². The van der Waals surface area contributed by atoms with Crippen LogP contribution in [0, 0.1) is 0 Å². The second-order valence-corrected chi connectivity index (χ2v) is 7.50. The fourth-order valence-corrected chi connectivity index (χ4v) is 3.20. The fourth-order valence-electron chi connectivity index (χ4n) is 1.07. The van der Waals surface area contributed by atoms with Gasteiger partial charge in [-0.2, -0.15) is 0 Å². The summed E-state index contributed by atoms with van der Waals surface area (Å²) >= 11 is 0. The van der Waals surface area contributed by atoms with E-state index in [-0.39, 0.29) is 12.8 Å². The van der Waals surface area contributed by atoms with Crippen molar-refractivity contribution in [2.45, 2.75) is 52.7 Å². The molecule has 92 valence electrons. The van der Waals surface area contributed by atoms with Crippen LogP contribution < -0.4 is 0 Å². The number of aliphatic hydroxyl groups excluding tert-OH is 1. The lowest BCUT2D eigenvalue weighted by molar-refractivity contribution is 0.0477. The molecule has 0 spiro atoms. The Labute approximate surface area is 92.5 Å². The van der Waals surface area contributed by atoms with Crippen LogP contribution in [0.15, 0.2) is 0 Å². The Morgan fingerprint density at radius 1 is 1.00 bits per heavy atom. The van der Waals surface area contributed by atoms with Crippen molar-refractivity contribution in [2.24, 2.45) is 0 Å². The van der Waals surface area contributed by atoms with Crippen molar-refractivity contribution >= 4 is 7.60 Å². The number of hydrogen-bond donors (Lipinski definition) is 1. The third-order valence-electron chi connectivity index (χ3n) is 1.20. The van der Waals surface area contributed by atoms with Gasteiger partial charge in [0, 0.05) is 0 Å². The third-order valence-corrected chi connectivity index (χ3v) is 3.60. The Hall–Kier alpha value is 0.110. The molecule has 4 nitrogen and oxygen atoms in total. The average Bonchev–Trinajstić information content (AvgIpc) is 1.74. The highest BCUT2D eigenvalue weighted by Gasteiger charge is 2.34. The molecule has 0 unspecified atom stereocenters. The molecule has 0 aromatic heterocycles. The molecule has 0 aliphatic rings. The lowest BCUT2D eigenvalue weighted by Gasteiger charge is -2.31. The van der Waals surface area contributed by atoms with Crippen LogP contribution in [0.4, 0.5) is 0 Å². The van der Waals surface area contributed by atoms with Gasteiger partial charge in [0.1, 0.15) is 0 Å². The second kappa shape index (κ2) is 4.96. The van der Waals surface area contributed by atoms with Gasteiger partial charge in [-0.3, -0.25) is 4.57 Å². The Bertz CT molecular complexity index is 217. The molecule has 15 heavy (non-hydrogen) atoms. The zero-order valence-electron chi connectivity index (χ0n) is 10.5. The summed E-state index contributed by atoms with van der Waals surface area (Å²) in [5.41, 5.74) is -1.09. The molecule has 0 aliphatic carbocycles. The summed E-state index contributed by atoms with van der Waals surface area (Å²) < 4.78 is 23.1. The van der Waals surface area contributed by atoms with Crippen LogP contribution in [0.1, 0.15) is 41.5 Å². The Balaban J connectivity index is 4.68. The van der Waals surface area contributed by atoms with E-state index < -0.39 is 18.8 Å². The number of aliphatic hydroxyl groups is 1. The van der Waals surface area contributed by atoms with Gasteiger partial charge in [0.05, 0.1) is 24.0 Å². The molecule has 0 atom stereocenters. The fraction of sp³-hybridized carbons (Fsp3) is 1.00. The zero-order valence-corrected chi connectivity index (χ0v) is 11.4. The lowest BCUT2D eigenvalue weighted by Crippen LogP contribution is -2.25. The predicted molar refractivity (Wildman–Crippen MR) is 61.2 cm³/mol. The van der Waals surface area contributed by atoms with E-state index in [0.717, 1.165) is 0 Å². The molecular formula is C10H23O4P. The molecule has 0 saturated carbocycles. The predicted octanol–water partition coefficient (Wildman–Crippen LogP) is 2.80. The Kier molecular flexibility index (Phi) is 5.00. The molecular weight excluding hydrogens is 215 g/mol. The minimum Gasteiger partial charge on any atom is -0.396 e. The molecule has 0 radical (unpaired) electrons. The molecule has 0 amide bonds. The molecule has 0 aliphatic heterocycles. The standard InChI is InChI=1S/C10H23O4P/c1-9(2,3)13-15(12,8-7-11)14-10(4,5)6/h11H,7-8H2,1-6H3. The zero-order chi connectivity index (χ0) is 12.3. The summed E-state index contributed by atoms with van der Waals surface area (Å²) in [6.45, 7) is 10.6. The molecule has 5 heteroatoms. The molecule has 0 fully saturated rings. The van der Waals surface area contributed by atoms with Gasteiger partial charge in [-0.25, -0.2) is 0 Å². The second-order valence-electron chi connectivity index (χ2n) is 5.47. The van der Waals surface area contributed by atoms with E-state index in [9.17, 15) is 4.57 Å². The van der Waals surface area contributed by atoms with Gasteiger partial charge in [0.15, 0.2) is 0 Å². The van der Waals surface area contributed by atoms with Crippen LogP contribution in [-0.4, -0.2) is 29.1 Å². The van der Waals surface area contributed by atoms with Crippen LogP contribution >= 0.6 is 7.60 Å². The summed E-state index contributed by atoms with van der Waals surface area (Å²) in [6, 6.07) is 0. The molecule has 0 heterocycles. The molecule has 0 aromatic rings. The van der Waals surface area contributed by atoms with Crippen molar-refractivity contribution < 1.29 is 18.7 Å². The minimum atomic E-state index is -3.21. The quantitative estimate of drug-likeness (QED) is 0.765. The van der Waals surface area contributed by atoms with Crippen molar-refractivity contribution in [3.05, 3.63) is 0 Å². The van der Waals surface area contributed by atoms with Crippen LogP contribution in [0.3, 0.4) is 0 Å². The summed E-state index contributed by atoms with van der Waals surface area (Å²) in [6.07, 6.45) is 0.0293. The van der Waals surface area contributed by atoms with Crippen LogP contribution in [-0.2, 0) is 13.6 Å². The monoisotopic (exact) mass is 238 g/mol. The van der Waals surface area contributed by atoms with Gasteiger partial charge in [-0.15, -0.1) is 0 Å². The third kappa shape index (κ3) is 7.97. The Morgan fingerprint density at radius 3 is 1.53 bits per heavy atom. The lowest BCUT2D eigenvalue weighted by atomic mass is 10.2. The Morgan fingerprint density at radius 2 is 1.33 bits per heavy atom. The van der Waals surface area contributed by atoms with Gasteiger partial charge in [0.2, 0.25) is 0 Å². The van der Waals surface area contributed by atoms with E-state index in [1.165, 1.54) is 0 Å². The van der Waals surface area contributed by atoms with Crippen LogP contribution in [0.2, 0.25) is 0 Å². The first-order valence-corrected chi connectivity index (χ1v) is 6.82. The van der Waals surface area contributed by atoms with E-state index in [0.29, 0.717) is 0 Å². The normalized spacial score (nSPS) is 14.3. The topological polar surface area (TPSA) is 55.8 Å². The maximum atomic E-state index is 12.2. The molecule has 0 bridgehead atoms. The molecule has 0 aromatic carbocycles. The first-order chi connectivity index (χ1) is 6.47. The summed E-state index contributed by atoms with van der Waals surface area (Å²) in [7, 11) is -3.21. The number of rotatable bonds is 4. The smallest absolute Gasteiger partial charge is 0.333 e. The van der Waals surface area contributed by atoms with E-state index in [4.69, 9.17) is 14.2 Å². The summed E-state index contributed by atoms with van der Waals surface area (Å²) in [5.74, 6) is 0. The van der Waals surface area contributed by atoms with Crippen molar-refractivity contribution in [3.8, 4) is 0 Å². The minimum absolute atomic E-state index is 0.0293. The largest absolute Gasteiger partial charge is 0.396 e. The van der Waals surface area contributed by atoms with E-state index >= 15 is 0 Å². The van der Waals surface area contributed by atoms with Crippen molar-refractivity contribution in [2.75, 3.05) is 12.8 Å². The van der Waals surface area contributed by atoms with Gasteiger partial charge in [-0.1, -0.05) is 0 Å². The average molecular weight is 238 g/mol. The van der Waals surface area contributed by atoms with E-state index in [2.05, 4.69) is 0 Å². The van der Waals surface area contributed by atoms with E-state index in [1.807, 2.05) is 41.5 Å². The summed E-state index contributed by atoms with van der Waals surface area (Å²) in [5, 5.41) is 8.86. The molecule has 0 saturated heterocycles. The maximum absolute atomic E-state index is 12.2. The molecule has 0 rings (SSSR count). The van der Waals surface area contributed by atoms with Gasteiger partial charge in [0.25, 0.3) is 0 Å². The first kappa shape index (κ1) is 15.1. The SMILES string of the molecule is CC(C)(C)OP(=O)(CCO)OC(C)(C)C. The first-order valence-electron chi connectivity index (χ1n) is 5.09. The van der Waals surface area contributed by atoms with E-state index in [1.54, 1.807) is 0 Å². The highest BCUT2D eigenvalue weighted by atomic mass is 31.2. The van der Waals surface area contributed by atoms with Crippen molar-refractivity contribution in [1.82, 2.24) is 0 Å².